The second-order valence-corrected chi connectivity index (χ2v) is 7.50. The van der Waals surface area contributed by atoms with Gasteiger partial charge in [-0.1, -0.05) is 32.1 Å². The van der Waals surface area contributed by atoms with E-state index in [4.69, 9.17) is 0 Å². The van der Waals surface area contributed by atoms with Gasteiger partial charge in [-0.3, -0.25) is 4.79 Å². The summed E-state index contributed by atoms with van der Waals surface area (Å²) in [5.41, 5.74) is 0. The van der Waals surface area contributed by atoms with Gasteiger partial charge in [0, 0.05) is 32.6 Å². The number of carbonyl (C=O) groups is 1. The third kappa shape index (κ3) is 4.43. The molecule has 27 heavy (non-hydrogen) atoms. The number of hydrogen-bond acceptors (Lipinski definition) is 6. The molecule has 0 radical (unpaired) electrons. The number of hydrogen-bond donors (Lipinski definition) is 0. The van der Waals surface area contributed by atoms with Gasteiger partial charge in [0.2, 0.25) is 5.91 Å². The Kier molecular flexibility index (Phi) is 5.60. The topological polar surface area (TPSA) is 80.0 Å². The van der Waals surface area contributed by atoms with Crippen LogP contribution in [0.4, 0.5) is 5.82 Å². The van der Waals surface area contributed by atoms with Gasteiger partial charge in [0.05, 0.1) is 0 Å². The van der Waals surface area contributed by atoms with Gasteiger partial charge in [0.25, 0.3) is 0 Å². The fourth-order valence-electron chi connectivity index (χ4n) is 4.08. The first-order valence-corrected chi connectivity index (χ1v) is 10.0. The highest BCUT2D eigenvalue weighted by Gasteiger charge is 2.23. The van der Waals surface area contributed by atoms with Gasteiger partial charge in [0.1, 0.15) is 12.7 Å². The van der Waals surface area contributed by atoms with Crippen molar-refractivity contribution in [2.75, 3.05) is 31.1 Å². The van der Waals surface area contributed by atoms with Crippen LogP contribution < -0.4 is 4.90 Å². The molecule has 2 fully saturated rings. The van der Waals surface area contributed by atoms with Gasteiger partial charge in [0.15, 0.2) is 11.6 Å². The lowest BCUT2D eigenvalue weighted by Gasteiger charge is -2.35. The molecule has 0 unspecified atom stereocenters. The fraction of sp³-hybridized carbons (Fsp3) is 0.632. The Morgan fingerprint density at radius 2 is 1.74 bits per heavy atom. The molecule has 0 bridgehead atoms. The molecule has 0 aromatic carbocycles. The monoisotopic (exact) mass is 369 g/mol. The van der Waals surface area contributed by atoms with Crippen molar-refractivity contribution >= 4 is 11.7 Å². The fourth-order valence-corrected chi connectivity index (χ4v) is 4.08. The van der Waals surface area contributed by atoms with Gasteiger partial charge in [-0.2, -0.15) is 5.10 Å². The van der Waals surface area contributed by atoms with Crippen molar-refractivity contribution in [1.29, 1.82) is 0 Å². The summed E-state index contributed by atoms with van der Waals surface area (Å²) in [6.07, 6.45) is 11.5. The lowest BCUT2D eigenvalue weighted by atomic mass is 9.86. The standard InChI is InChI=1S/C19H27N7O/c27-19(9-6-16-4-2-1-3-5-16)25-12-10-24(11-13-25)17-7-8-18(23-22-17)26-15-20-14-21-26/h7-8,14-16H,1-6,9-13H2. The highest BCUT2D eigenvalue weighted by atomic mass is 16.2. The first-order valence-electron chi connectivity index (χ1n) is 10.0. The second-order valence-electron chi connectivity index (χ2n) is 7.50. The Balaban J connectivity index is 1.25. The van der Waals surface area contributed by atoms with Crippen LogP contribution in [0.15, 0.2) is 24.8 Å². The van der Waals surface area contributed by atoms with Crippen molar-refractivity contribution in [2.45, 2.75) is 44.9 Å². The molecule has 8 nitrogen and oxygen atoms in total. The first-order chi connectivity index (χ1) is 13.3. The van der Waals surface area contributed by atoms with Crippen molar-refractivity contribution in [1.82, 2.24) is 29.9 Å². The number of rotatable bonds is 5. The van der Waals surface area contributed by atoms with Crippen molar-refractivity contribution in [3.05, 3.63) is 24.8 Å². The molecule has 1 saturated heterocycles. The molecule has 2 aliphatic rings. The quantitative estimate of drug-likeness (QED) is 0.803. The molecule has 1 saturated carbocycles. The summed E-state index contributed by atoms with van der Waals surface area (Å²) in [7, 11) is 0. The molecule has 1 amide bonds. The third-order valence-corrected chi connectivity index (χ3v) is 5.74. The van der Waals surface area contributed by atoms with Gasteiger partial charge in [-0.25, -0.2) is 9.67 Å². The predicted molar refractivity (Wildman–Crippen MR) is 102 cm³/mol. The minimum atomic E-state index is 0.313. The zero-order chi connectivity index (χ0) is 18.5. The minimum absolute atomic E-state index is 0.313. The van der Waals surface area contributed by atoms with E-state index < -0.39 is 0 Å². The summed E-state index contributed by atoms with van der Waals surface area (Å²) in [6.45, 7) is 3.12. The molecular formula is C19H27N7O. The van der Waals surface area contributed by atoms with E-state index in [9.17, 15) is 4.79 Å². The molecule has 8 heteroatoms. The SMILES string of the molecule is O=C(CCC1CCCCC1)N1CCN(c2ccc(-n3cncn3)nn2)CC1. The average Bonchev–Trinajstić information content (AvgIpc) is 3.28. The van der Waals surface area contributed by atoms with Crippen LogP contribution in [0, 0.1) is 5.92 Å². The van der Waals surface area contributed by atoms with Crippen LogP contribution >= 0.6 is 0 Å². The van der Waals surface area contributed by atoms with E-state index in [2.05, 4.69) is 25.2 Å². The lowest BCUT2D eigenvalue weighted by molar-refractivity contribution is -0.131. The molecule has 0 N–H and O–H groups in total. The Bertz CT molecular complexity index is 717. The summed E-state index contributed by atoms with van der Waals surface area (Å²) in [5.74, 6) is 2.57. The maximum absolute atomic E-state index is 12.5. The number of nitrogens with zero attached hydrogens (tertiary/aromatic N) is 7. The number of piperazine rings is 1. The number of carbonyl (C=O) groups excluding carboxylic acids is 1. The second kappa shape index (κ2) is 8.45. The molecule has 0 spiro atoms. The lowest BCUT2D eigenvalue weighted by Crippen LogP contribution is -2.49. The van der Waals surface area contributed by atoms with E-state index in [0.717, 1.165) is 44.3 Å². The maximum atomic E-state index is 12.5. The summed E-state index contributed by atoms with van der Waals surface area (Å²) in [6, 6.07) is 3.84. The van der Waals surface area contributed by atoms with Crippen molar-refractivity contribution in [3.8, 4) is 5.82 Å². The van der Waals surface area contributed by atoms with Crippen LogP contribution in [-0.4, -0.2) is 61.9 Å². The van der Waals surface area contributed by atoms with E-state index >= 15 is 0 Å². The smallest absolute Gasteiger partial charge is 0.222 e. The van der Waals surface area contributed by atoms with E-state index in [1.54, 1.807) is 11.0 Å². The highest BCUT2D eigenvalue weighted by Crippen LogP contribution is 2.27. The summed E-state index contributed by atoms with van der Waals surface area (Å²) in [4.78, 5) is 20.6. The van der Waals surface area contributed by atoms with E-state index in [1.165, 1.54) is 38.4 Å². The molecule has 1 aliphatic carbocycles. The van der Waals surface area contributed by atoms with E-state index in [-0.39, 0.29) is 0 Å². The Hall–Kier alpha value is -2.51. The van der Waals surface area contributed by atoms with Gasteiger partial charge in [-0.05, 0) is 24.5 Å². The number of aromatic nitrogens is 5. The average molecular weight is 369 g/mol. The summed E-state index contributed by atoms with van der Waals surface area (Å²) in [5, 5.41) is 12.6. The van der Waals surface area contributed by atoms with Crippen LogP contribution in [0.1, 0.15) is 44.9 Å². The number of amides is 1. The Morgan fingerprint density at radius 3 is 2.41 bits per heavy atom. The zero-order valence-electron chi connectivity index (χ0n) is 15.7. The Morgan fingerprint density at radius 1 is 1.00 bits per heavy atom. The Labute approximate surface area is 159 Å². The van der Waals surface area contributed by atoms with Gasteiger partial charge >= 0.3 is 0 Å². The van der Waals surface area contributed by atoms with Crippen LogP contribution in [0.25, 0.3) is 5.82 Å². The molecule has 1 aliphatic heterocycles. The predicted octanol–water partition coefficient (Wildman–Crippen LogP) is 2.07. The molecule has 2 aromatic heterocycles. The molecule has 0 atom stereocenters. The van der Waals surface area contributed by atoms with Crippen molar-refractivity contribution in [3.63, 3.8) is 0 Å². The zero-order valence-corrected chi connectivity index (χ0v) is 15.7. The first kappa shape index (κ1) is 17.9. The van der Waals surface area contributed by atoms with Crippen molar-refractivity contribution in [2.24, 2.45) is 5.92 Å². The van der Waals surface area contributed by atoms with Crippen LogP contribution in [0.2, 0.25) is 0 Å². The van der Waals surface area contributed by atoms with Crippen LogP contribution in [0.5, 0.6) is 0 Å². The molecule has 144 valence electrons. The van der Waals surface area contributed by atoms with E-state index in [1.807, 2.05) is 17.0 Å². The maximum Gasteiger partial charge on any atom is 0.222 e. The highest BCUT2D eigenvalue weighted by molar-refractivity contribution is 5.76. The molecule has 2 aromatic rings. The molecular weight excluding hydrogens is 342 g/mol. The molecule has 4 rings (SSSR count). The summed E-state index contributed by atoms with van der Waals surface area (Å²) < 4.78 is 1.58. The minimum Gasteiger partial charge on any atom is -0.352 e. The number of anilines is 1. The van der Waals surface area contributed by atoms with E-state index in [0.29, 0.717) is 18.1 Å². The summed E-state index contributed by atoms with van der Waals surface area (Å²) >= 11 is 0. The van der Waals surface area contributed by atoms with Gasteiger partial charge < -0.3 is 9.80 Å². The van der Waals surface area contributed by atoms with Crippen molar-refractivity contribution < 1.29 is 4.79 Å². The van der Waals surface area contributed by atoms with Crippen LogP contribution in [0.3, 0.4) is 0 Å². The third-order valence-electron chi connectivity index (χ3n) is 5.74. The normalized spacial score (nSPS) is 18.7. The largest absolute Gasteiger partial charge is 0.352 e. The molecule has 3 heterocycles. The van der Waals surface area contributed by atoms with Crippen LogP contribution in [-0.2, 0) is 4.79 Å². The van der Waals surface area contributed by atoms with Gasteiger partial charge in [-0.15, -0.1) is 10.2 Å².